The molecular formula is C23H32N4O6S. The summed E-state index contributed by atoms with van der Waals surface area (Å²) in [6.07, 6.45) is 4.88. The van der Waals surface area contributed by atoms with Gasteiger partial charge in [0.1, 0.15) is 5.82 Å². The number of benzene rings is 1. The molecule has 1 heterocycles. The summed E-state index contributed by atoms with van der Waals surface area (Å²) in [5.74, 6) is 0.969. The van der Waals surface area contributed by atoms with Crippen molar-refractivity contribution in [3.8, 4) is 0 Å². The second kappa shape index (κ2) is 11.5. The van der Waals surface area contributed by atoms with Gasteiger partial charge in [-0.3, -0.25) is 9.89 Å². The second-order valence-electron chi connectivity index (χ2n) is 8.83. The molecule has 186 valence electrons. The van der Waals surface area contributed by atoms with Gasteiger partial charge in [0.05, 0.1) is 23.6 Å². The Balaban J connectivity index is 1.56. The molecule has 11 heteroatoms. The Hall–Kier alpha value is -2.92. The maximum Gasteiger partial charge on any atom is 0.404 e. The smallest absolute Gasteiger partial charge is 0.404 e. The zero-order chi connectivity index (χ0) is 24.7. The van der Waals surface area contributed by atoms with E-state index < -0.39 is 15.9 Å². The Labute approximate surface area is 199 Å². The van der Waals surface area contributed by atoms with Crippen molar-refractivity contribution in [2.45, 2.75) is 55.9 Å². The number of nitrogens with zero attached hydrogens (tertiary/aromatic N) is 1. The highest BCUT2D eigenvalue weighted by Gasteiger charge is 2.27. The van der Waals surface area contributed by atoms with Crippen LogP contribution in [-0.4, -0.2) is 55.6 Å². The number of nitrogens with one attached hydrogen (secondary N) is 3. The number of H-pyrrole nitrogens is 1. The quantitative estimate of drug-likeness (QED) is 0.352. The Morgan fingerprint density at radius 3 is 2.76 bits per heavy atom. The van der Waals surface area contributed by atoms with Crippen LogP contribution in [0.2, 0.25) is 0 Å². The molecule has 1 aromatic carbocycles. The first-order chi connectivity index (χ1) is 16.2. The summed E-state index contributed by atoms with van der Waals surface area (Å²) in [4.78, 5) is 23.3. The lowest BCUT2D eigenvalue weighted by atomic mass is 9.98. The summed E-state index contributed by atoms with van der Waals surface area (Å²) in [5, 5.41) is 21.0. The van der Waals surface area contributed by atoms with Gasteiger partial charge in [0.2, 0.25) is 5.91 Å². The van der Waals surface area contributed by atoms with E-state index in [1.807, 2.05) is 6.07 Å². The van der Waals surface area contributed by atoms with E-state index >= 15 is 0 Å². The van der Waals surface area contributed by atoms with Crippen LogP contribution in [0.1, 0.15) is 54.8 Å². The summed E-state index contributed by atoms with van der Waals surface area (Å²) in [5.41, 5.74) is 2.04. The first-order valence-corrected chi connectivity index (χ1v) is 13.2. The third kappa shape index (κ3) is 7.29. The zero-order valence-electron chi connectivity index (χ0n) is 19.5. The summed E-state index contributed by atoms with van der Waals surface area (Å²) in [6, 6.07) is 6.77. The molecule has 1 fully saturated rings. The van der Waals surface area contributed by atoms with E-state index in [9.17, 15) is 18.0 Å². The molecule has 2 amide bonds. The number of sulfone groups is 1. The molecule has 4 N–H and O–H groups in total. The van der Waals surface area contributed by atoms with Crippen molar-refractivity contribution >= 4 is 27.7 Å². The maximum absolute atomic E-state index is 12.6. The molecular weight excluding hydrogens is 460 g/mol. The number of amides is 2. The molecule has 1 aliphatic rings. The Bertz CT molecular complexity index is 1110. The first-order valence-electron chi connectivity index (χ1n) is 11.3. The Morgan fingerprint density at radius 1 is 1.26 bits per heavy atom. The monoisotopic (exact) mass is 492 g/mol. The van der Waals surface area contributed by atoms with Crippen molar-refractivity contribution < 1.29 is 27.9 Å². The van der Waals surface area contributed by atoms with E-state index in [0.717, 1.165) is 49.6 Å². The number of aromatic nitrogens is 2. The number of aromatic amines is 1. The zero-order valence-corrected chi connectivity index (χ0v) is 20.3. The van der Waals surface area contributed by atoms with Gasteiger partial charge in [0, 0.05) is 31.9 Å². The van der Waals surface area contributed by atoms with Crippen molar-refractivity contribution in [2.24, 2.45) is 5.92 Å². The van der Waals surface area contributed by atoms with Gasteiger partial charge in [-0.25, -0.2) is 13.2 Å². The van der Waals surface area contributed by atoms with Gasteiger partial charge in [-0.15, -0.1) is 0 Å². The summed E-state index contributed by atoms with van der Waals surface area (Å²) in [7, 11) is -1.97. The molecule has 10 nitrogen and oxygen atoms in total. The molecule has 0 aliphatic heterocycles. The number of carbonyl (C=O) groups excluding carboxylic acids is 1. The van der Waals surface area contributed by atoms with Gasteiger partial charge >= 0.3 is 6.09 Å². The summed E-state index contributed by atoms with van der Waals surface area (Å²) >= 11 is 0. The van der Waals surface area contributed by atoms with Gasteiger partial charge in [0.25, 0.3) is 0 Å². The van der Waals surface area contributed by atoms with Gasteiger partial charge in [-0.1, -0.05) is 12.1 Å². The van der Waals surface area contributed by atoms with E-state index in [-0.39, 0.29) is 23.8 Å². The molecule has 2 atom stereocenters. The second-order valence-corrected chi connectivity index (χ2v) is 10.8. The molecule has 2 aromatic rings. The number of ether oxygens (including phenoxy) is 1. The van der Waals surface area contributed by atoms with Crippen molar-refractivity contribution in [1.29, 1.82) is 0 Å². The van der Waals surface area contributed by atoms with Gasteiger partial charge in [0.15, 0.2) is 9.84 Å². The highest BCUT2D eigenvalue weighted by atomic mass is 32.2. The average Bonchev–Trinajstić information content (AvgIpc) is 3.41. The van der Waals surface area contributed by atoms with Crippen LogP contribution >= 0.6 is 0 Å². The molecule has 1 aliphatic carbocycles. The van der Waals surface area contributed by atoms with E-state index in [1.54, 1.807) is 18.2 Å². The number of carboxylic acid groups (broad SMARTS) is 1. The largest absolute Gasteiger partial charge is 0.465 e. The third-order valence-electron chi connectivity index (χ3n) is 6.09. The minimum atomic E-state index is -3.51. The van der Waals surface area contributed by atoms with E-state index in [1.165, 1.54) is 7.11 Å². The standard InChI is InChI=1S/C23H32N4O6S/c1-33-14-16-6-8-18(20(11-16)34(2,31)32)12-22(28)25-21-13-19(26-27-21)17-7-5-15(10-17)4-3-9-24-23(29)30/h6,8,11,13,15,17,24H,3-5,7,9-10,12,14H2,1-2H3,(H,29,30)(H2,25,26,27,28)/t15-,17-/m0/s1. The van der Waals surface area contributed by atoms with Gasteiger partial charge in [-0.2, -0.15) is 5.10 Å². The fourth-order valence-electron chi connectivity index (χ4n) is 4.52. The van der Waals surface area contributed by atoms with E-state index in [0.29, 0.717) is 29.8 Å². The third-order valence-corrected chi connectivity index (χ3v) is 7.27. The lowest BCUT2D eigenvalue weighted by Crippen LogP contribution is -2.22. The van der Waals surface area contributed by atoms with Crippen LogP contribution in [0.4, 0.5) is 10.6 Å². The highest BCUT2D eigenvalue weighted by Crippen LogP contribution is 2.40. The minimum absolute atomic E-state index is 0.0834. The molecule has 0 saturated heterocycles. The minimum Gasteiger partial charge on any atom is -0.465 e. The summed E-state index contributed by atoms with van der Waals surface area (Å²) in [6.45, 7) is 0.748. The SMILES string of the molecule is COCc1ccc(CC(=O)Nc2cc([C@H]3CC[C@H](CCCNC(=O)O)C3)n[nH]2)c(S(C)(=O)=O)c1. The van der Waals surface area contributed by atoms with Crippen LogP contribution < -0.4 is 10.6 Å². The van der Waals surface area contributed by atoms with Crippen LogP contribution in [0.15, 0.2) is 29.2 Å². The van der Waals surface area contributed by atoms with Crippen LogP contribution in [-0.2, 0) is 32.4 Å². The molecule has 0 radical (unpaired) electrons. The normalized spacial score (nSPS) is 18.1. The van der Waals surface area contributed by atoms with Crippen molar-refractivity contribution in [3.05, 3.63) is 41.1 Å². The topological polar surface area (TPSA) is 150 Å². The number of hydrogen-bond acceptors (Lipinski definition) is 6. The highest BCUT2D eigenvalue weighted by molar-refractivity contribution is 7.90. The predicted octanol–water partition coefficient (Wildman–Crippen LogP) is 3.07. The van der Waals surface area contributed by atoms with Crippen molar-refractivity contribution in [3.63, 3.8) is 0 Å². The van der Waals surface area contributed by atoms with E-state index in [4.69, 9.17) is 9.84 Å². The van der Waals surface area contributed by atoms with Crippen LogP contribution in [0.25, 0.3) is 0 Å². The fraction of sp³-hybridized carbons (Fsp3) is 0.522. The van der Waals surface area contributed by atoms with Crippen LogP contribution in [0, 0.1) is 5.92 Å². The Kier molecular flexibility index (Phi) is 8.67. The maximum atomic E-state index is 12.6. The summed E-state index contributed by atoms with van der Waals surface area (Å²) < 4.78 is 29.5. The lowest BCUT2D eigenvalue weighted by molar-refractivity contribution is -0.115. The molecule has 0 bridgehead atoms. The molecule has 0 unspecified atom stereocenters. The molecule has 3 rings (SSSR count). The first kappa shape index (κ1) is 25.7. The number of carbonyl (C=O) groups is 2. The molecule has 0 spiro atoms. The number of hydrogen-bond donors (Lipinski definition) is 4. The van der Waals surface area contributed by atoms with Gasteiger partial charge in [-0.05, 0) is 55.2 Å². The average molecular weight is 493 g/mol. The number of methoxy groups -OCH3 is 1. The molecule has 1 aromatic heterocycles. The van der Waals surface area contributed by atoms with Crippen LogP contribution in [0.3, 0.4) is 0 Å². The predicted molar refractivity (Wildman–Crippen MR) is 127 cm³/mol. The number of rotatable bonds is 11. The lowest BCUT2D eigenvalue weighted by Gasteiger charge is -2.10. The van der Waals surface area contributed by atoms with E-state index in [2.05, 4.69) is 20.8 Å². The van der Waals surface area contributed by atoms with Crippen molar-refractivity contribution in [1.82, 2.24) is 15.5 Å². The number of anilines is 1. The van der Waals surface area contributed by atoms with Crippen molar-refractivity contribution in [2.75, 3.05) is 25.2 Å². The fourth-order valence-corrected chi connectivity index (χ4v) is 5.50. The Morgan fingerprint density at radius 2 is 2.06 bits per heavy atom. The van der Waals surface area contributed by atoms with Gasteiger partial charge < -0.3 is 20.5 Å². The molecule has 34 heavy (non-hydrogen) atoms. The van der Waals surface area contributed by atoms with Crippen LogP contribution in [0.5, 0.6) is 0 Å². The molecule has 1 saturated carbocycles.